The van der Waals surface area contributed by atoms with Crippen LogP contribution in [-0.4, -0.2) is 26.6 Å². The van der Waals surface area contributed by atoms with E-state index < -0.39 is 11.8 Å². The normalized spacial score (nSPS) is 10.5. The van der Waals surface area contributed by atoms with Crippen molar-refractivity contribution in [1.29, 1.82) is 0 Å². The van der Waals surface area contributed by atoms with Crippen molar-refractivity contribution in [1.82, 2.24) is 5.16 Å². The van der Waals surface area contributed by atoms with Crippen molar-refractivity contribution in [2.45, 2.75) is 13.2 Å². The molecule has 1 amide bonds. The molecule has 27 heavy (non-hydrogen) atoms. The van der Waals surface area contributed by atoms with Gasteiger partial charge in [0.15, 0.2) is 29.6 Å². The number of carbonyl (C=O) groups excluding carboxylic acids is 1. The van der Waals surface area contributed by atoms with Gasteiger partial charge in [-0.3, -0.25) is 0 Å². The summed E-state index contributed by atoms with van der Waals surface area (Å²) in [4.78, 5) is 10.6. The molecule has 0 unspecified atom stereocenters. The number of phenolic OH excluding ortho intramolecular Hbond substituents is 3. The van der Waals surface area contributed by atoms with Gasteiger partial charge in [-0.25, -0.2) is 4.79 Å². The van der Waals surface area contributed by atoms with E-state index in [1.54, 1.807) is 6.07 Å². The van der Waals surface area contributed by atoms with Crippen LogP contribution in [0, 0.1) is 0 Å². The molecule has 0 bridgehead atoms. The largest absolute Gasteiger partial charge is 0.504 e. The van der Waals surface area contributed by atoms with Crippen molar-refractivity contribution in [3.05, 3.63) is 53.8 Å². The van der Waals surface area contributed by atoms with Crippen LogP contribution in [0.5, 0.6) is 17.2 Å². The van der Waals surface area contributed by atoms with E-state index in [4.69, 9.17) is 10.3 Å². The summed E-state index contributed by atoms with van der Waals surface area (Å²) in [6.07, 6.45) is -0.890. The first-order valence-electron chi connectivity index (χ1n) is 7.88. The predicted octanol–water partition coefficient (Wildman–Crippen LogP) is 2.67. The highest BCUT2D eigenvalue weighted by Crippen LogP contribution is 2.35. The van der Waals surface area contributed by atoms with Crippen LogP contribution in [0.3, 0.4) is 0 Å². The lowest BCUT2D eigenvalue weighted by atomic mass is 10.1. The average Bonchev–Trinajstić information content (AvgIpc) is 3.12. The van der Waals surface area contributed by atoms with Crippen molar-refractivity contribution in [3.63, 3.8) is 0 Å². The number of hydrogen-bond donors (Lipinski definition) is 5. The van der Waals surface area contributed by atoms with E-state index >= 15 is 0 Å². The quantitative estimate of drug-likeness (QED) is 0.415. The van der Waals surface area contributed by atoms with Gasteiger partial charge in [0.2, 0.25) is 0 Å². The van der Waals surface area contributed by atoms with Gasteiger partial charge in [0, 0.05) is 23.9 Å². The minimum atomic E-state index is -0.890. The van der Waals surface area contributed by atoms with Gasteiger partial charge in [-0.2, -0.15) is 0 Å². The zero-order valence-electron chi connectivity index (χ0n) is 14.0. The third-order valence-corrected chi connectivity index (χ3v) is 3.72. The molecule has 1 aromatic heterocycles. The lowest BCUT2D eigenvalue weighted by Gasteiger charge is -2.09. The number of carbonyl (C=O) groups is 1. The minimum Gasteiger partial charge on any atom is -0.504 e. The van der Waals surface area contributed by atoms with E-state index in [0.717, 1.165) is 11.3 Å². The van der Waals surface area contributed by atoms with Crippen LogP contribution < -0.4 is 11.1 Å². The van der Waals surface area contributed by atoms with Crippen LogP contribution in [0.15, 0.2) is 47.0 Å². The summed E-state index contributed by atoms with van der Waals surface area (Å²) in [5.74, 6) is -0.942. The standard InChI is InChI=1S/C18H17N3O6/c19-18(25)26-9-13-7-14(21-27-13)11-1-3-12(4-2-11)20-8-10-5-15(22)17(24)16(23)6-10/h1-7,20,22-24H,8-9H2,(H2,19,25). The van der Waals surface area contributed by atoms with Crippen molar-refractivity contribution >= 4 is 11.8 Å². The Morgan fingerprint density at radius 3 is 2.41 bits per heavy atom. The van der Waals surface area contributed by atoms with E-state index in [2.05, 4.69) is 15.2 Å². The molecule has 9 nitrogen and oxygen atoms in total. The van der Waals surface area contributed by atoms with Gasteiger partial charge in [-0.05, 0) is 29.8 Å². The maximum atomic E-state index is 10.6. The third-order valence-electron chi connectivity index (χ3n) is 3.72. The highest BCUT2D eigenvalue weighted by atomic mass is 16.6. The number of primary amides is 1. The van der Waals surface area contributed by atoms with Gasteiger partial charge in [0.25, 0.3) is 0 Å². The molecule has 0 radical (unpaired) electrons. The minimum absolute atomic E-state index is 0.0890. The number of aromatic nitrogens is 1. The second-order valence-electron chi connectivity index (χ2n) is 5.70. The second-order valence-corrected chi connectivity index (χ2v) is 5.70. The summed E-state index contributed by atoms with van der Waals surface area (Å²) in [6, 6.07) is 11.7. The van der Waals surface area contributed by atoms with Crippen molar-refractivity contribution < 1.29 is 29.4 Å². The summed E-state index contributed by atoms with van der Waals surface area (Å²) < 4.78 is 9.71. The zero-order valence-corrected chi connectivity index (χ0v) is 14.0. The number of ether oxygens (including phenoxy) is 1. The van der Waals surface area contributed by atoms with Crippen molar-refractivity contribution in [2.24, 2.45) is 5.73 Å². The topological polar surface area (TPSA) is 151 Å². The zero-order chi connectivity index (χ0) is 19.4. The molecule has 0 saturated carbocycles. The molecular formula is C18H17N3O6. The summed E-state index contributed by atoms with van der Waals surface area (Å²) in [5.41, 5.74) is 7.68. The van der Waals surface area contributed by atoms with Gasteiger partial charge >= 0.3 is 6.09 Å². The fourth-order valence-electron chi connectivity index (χ4n) is 2.39. The smallest absolute Gasteiger partial charge is 0.404 e. The molecule has 140 valence electrons. The Bertz CT molecular complexity index is 929. The number of hydrogen-bond acceptors (Lipinski definition) is 8. The van der Waals surface area contributed by atoms with Crippen LogP contribution in [0.2, 0.25) is 0 Å². The number of anilines is 1. The maximum Gasteiger partial charge on any atom is 0.404 e. The Morgan fingerprint density at radius 2 is 1.78 bits per heavy atom. The third kappa shape index (κ3) is 4.40. The van der Waals surface area contributed by atoms with E-state index in [1.807, 2.05) is 24.3 Å². The molecule has 0 spiro atoms. The number of nitrogens with two attached hydrogens (primary N) is 1. The Balaban J connectivity index is 1.63. The first-order valence-corrected chi connectivity index (χ1v) is 7.88. The van der Waals surface area contributed by atoms with Crippen LogP contribution in [-0.2, 0) is 17.9 Å². The second kappa shape index (κ2) is 7.56. The molecule has 0 aliphatic rings. The summed E-state index contributed by atoms with van der Waals surface area (Å²) >= 11 is 0. The van der Waals surface area contributed by atoms with Gasteiger partial charge in [-0.1, -0.05) is 17.3 Å². The summed E-state index contributed by atoms with van der Waals surface area (Å²) in [5, 5.41) is 35.4. The molecule has 0 aliphatic carbocycles. The molecule has 0 fully saturated rings. The van der Waals surface area contributed by atoms with Crippen LogP contribution >= 0.6 is 0 Å². The van der Waals surface area contributed by atoms with E-state index in [9.17, 15) is 20.1 Å². The van der Waals surface area contributed by atoms with Crippen molar-refractivity contribution in [3.8, 4) is 28.5 Å². The van der Waals surface area contributed by atoms with Gasteiger partial charge in [0.1, 0.15) is 5.69 Å². The van der Waals surface area contributed by atoms with Gasteiger partial charge in [-0.15, -0.1) is 0 Å². The molecule has 9 heteroatoms. The average molecular weight is 371 g/mol. The Kier molecular flexibility index (Phi) is 5.02. The fourth-order valence-corrected chi connectivity index (χ4v) is 2.39. The number of nitrogens with zero attached hydrogens (tertiary/aromatic N) is 1. The maximum absolute atomic E-state index is 10.6. The number of amides is 1. The van der Waals surface area contributed by atoms with Crippen molar-refractivity contribution in [2.75, 3.05) is 5.32 Å². The Labute approximate surface area is 153 Å². The lowest BCUT2D eigenvalue weighted by Crippen LogP contribution is -2.12. The Hall–Kier alpha value is -3.88. The first kappa shape index (κ1) is 17.9. The van der Waals surface area contributed by atoms with Crippen LogP contribution in [0.25, 0.3) is 11.3 Å². The number of rotatable bonds is 6. The lowest BCUT2D eigenvalue weighted by molar-refractivity contribution is 0.137. The fraction of sp³-hybridized carbons (Fsp3) is 0.111. The molecule has 1 heterocycles. The van der Waals surface area contributed by atoms with Gasteiger partial charge < -0.3 is 35.6 Å². The number of phenols is 3. The highest BCUT2D eigenvalue weighted by molar-refractivity contribution is 5.65. The monoisotopic (exact) mass is 371 g/mol. The highest BCUT2D eigenvalue weighted by Gasteiger charge is 2.09. The Morgan fingerprint density at radius 1 is 1.11 bits per heavy atom. The molecule has 2 aromatic carbocycles. The first-order chi connectivity index (χ1) is 12.9. The van der Waals surface area contributed by atoms with E-state index in [-0.39, 0.29) is 18.1 Å². The summed E-state index contributed by atoms with van der Waals surface area (Å²) in [7, 11) is 0. The van der Waals surface area contributed by atoms with Crippen LogP contribution in [0.4, 0.5) is 10.5 Å². The molecular weight excluding hydrogens is 354 g/mol. The molecule has 3 aromatic rings. The number of nitrogens with one attached hydrogen (secondary N) is 1. The molecule has 0 atom stereocenters. The SMILES string of the molecule is NC(=O)OCc1cc(-c2ccc(NCc3cc(O)c(O)c(O)c3)cc2)no1. The molecule has 3 rings (SSSR count). The van der Waals surface area contributed by atoms with E-state index in [1.165, 1.54) is 12.1 Å². The van der Waals surface area contributed by atoms with Gasteiger partial charge in [0.05, 0.1) is 0 Å². The molecule has 6 N–H and O–H groups in total. The summed E-state index contributed by atoms with van der Waals surface area (Å²) in [6.45, 7) is 0.244. The molecule has 0 saturated heterocycles. The van der Waals surface area contributed by atoms with Crippen LogP contribution in [0.1, 0.15) is 11.3 Å². The predicted molar refractivity (Wildman–Crippen MR) is 95.1 cm³/mol. The molecule has 0 aliphatic heterocycles. The number of benzene rings is 2. The number of aromatic hydroxyl groups is 3. The van der Waals surface area contributed by atoms with E-state index in [0.29, 0.717) is 23.6 Å².